The number of anilines is 1. The molecule has 0 aliphatic carbocycles. The third kappa shape index (κ3) is 5.30. The Balaban J connectivity index is 1.85. The fraction of sp³-hybridized carbons (Fsp3) is 0.176. The Hall–Kier alpha value is -2.91. The average molecular weight is 378 g/mol. The van der Waals surface area contributed by atoms with Crippen LogP contribution in [0.4, 0.5) is 5.69 Å². The number of nitrogens with one attached hydrogen (secondary N) is 1. The van der Waals surface area contributed by atoms with Gasteiger partial charge in [-0.05, 0) is 42.5 Å². The van der Waals surface area contributed by atoms with Crippen molar-refractivity contribution >= 4 is 33.7 Å². The summed E-state index contributed by atoms with van der Waals surface area (Å²) in [5, 5.41) is 2.51. The standard InChI is InChI=1S/C17H18N2O6S/c1-19(2)26(22,23)15-8-5-13(6-9-15)18-16(20)12-25-17(21)10-7-14-4-3-11-24-14/h3-11H,12H2,1-2H3,(H,18,20)/b10-7+. The molecule has 1 amide bonds. The van der Waals surface area contributed by atoms with Gasteiger partial charge in [0.1, 0.15) is 5.76 Å². The zero-order valence-corrected chi connectivity index (χ0v) is 15.0. The van der Waals surface area contributed by atoms with Gasteiger partial charge in [-0.3, -0.25) is 4.79 Å². The van der Waals surface area contributed by atoms with Gasteiger partial charge in [0.05, 0.1) is 11.2 Å². The van der Waals surface area contributed by atoms with E-state index in [1.165, 1.54) is 50.7 Å². The Morgan fingerprint density at radius 2 is 1.88 bits per heavy atom. The topological polar surface area (TPSA) is 106 Å². The van der Waals surface area contributed by atoms with Gasteiger partial charge in [-0.2, -0.15) is 0 Å². The summed E-state index contributed by atoms with van der Waals surface area (Å²) < 4.78 is 34.8. The molecule has 0 radical (unpaired) electrons. The van der Waals surface area contributed by atoms with Crippen LogP contribution in [0.2, 0.25) is 0 Å². The maximum atomic E-state index is 12.0. The zero-order valence-electron chi connectivity index (χ0n) is 14.2. The van der Waals surface area contributed by atoms with E-state index < -0.39 is 28.5 Å². The van der Waals surface area contributed by atoms with Crippen LogP contribution in [0.1, 0.15) is 5.76 Å². The first-order valence-corrected chi connectivity index (χ1v) is 8.94. The third-order valence-electron chi connectivity index (χ3n) is 3.19. The number of rotatable bonds is 7. The Kier molecular flexibility index (Phi) is 6.31. The van der Waals surface area contributed by atoms with Gasteiger partial charge >= 0.3 is 5.97 Å². The molecule has 0 saturated heterocycles. The van der Waals surface area contributed by atoms with Crippen molar-refractivity contribution in [2.75, 3.05) is 26.0 Å². The van der Waals surface area contributed by atoms with Crippen molar-refractivity contribution in [3.8, 4) is 0 Å². The zero-order chi connectivity index (χ0) is 19.2. The van der Waals surface area contributed by atoms with Gasteiger partial charge < -0.3 is 14.5 Å². The molecule has 0 bridgehead atoms. The number of furan rings is 1. The average Bonchev–Trinajstić information content (AvgIpc) is 3.12. The Bertz CT molecular complexity index is 884. The summed E-state index contributed by atoms with van der Waals surface area (Å²) in [6.45, 7) is -0.473. The molecule has 0 aliphatic rings. The highest BCUT2D eigenvalue weighted by Crippen LogP contribution is 2.16. The quantitative estimate of drug-likeness (QED) is 0.581. The Morgan fingerprint density at radius 1 is 1.19 bits per heavy atom. The molecule has 1 aromatic heterocycles. The molecule has 0 fully saturated rings. The summed E-state index contributed by atoms with van der Waals surface area (Å²) in [5.41, 5.74) is 0.384. The van der Waals surface area contributed by atoms with Crippen LogP contribution in [-0.4, -0.2) is 45.3 Å². The summed E-state index contributed by atoms with van der Waals surface area (Å²) >= 11 is 0. The molecule has 1 N–H and O–H groups in total. The van der Waals surface area contributed by atoms with Gasteiger partial charge in [-0.25, -0.2) is 17.5 Å². The molecule has 0 atom stereocenters. The Labute approximate surface area is 151 Å². The number of esters is 1. The lowest BCUT2D eigenvalue weighted by Gasteiger charge is -2.12. The van der Waals surface area contributed by atoms with Crippen LogP contribution in [0.3, 0.4) is 0 Å². The minimum Gasteiger partial charge on any atom is -0.465 e. The molecule has 0 spiro atoms. The van der Waals surface area contributed by atoms with Crippen molar-refractivity contribution in [1.82, 2.24) is 4.31 Å². The van der Waals surface area contributed by atoms with E-state index in [1.807, 2.05) is 0 Å². The molecule has 0 aliphatic heterocycles. The monoisotopic (exact) mass is 378 g/mol. The van der Waals surface area contributed by atoms with Crippen LogP contribution in [0.15, 0.2) is 58.1 Å². The van der Waals surface area contributed by atoms with E-state index in [2.05, 4.69) is 5.32 Å². The van der Waals surface area contributed by atoms with Gasteiger partial charge in [-0.15, -0.1) is 0 Å². The first-order valence-electron chi connectivity index (χ1n) is 7.50. The van der Waals surface area contributed by atoms with E-state index >= 15 is 0 Å². The summed E-state index contributed by atoms with van der Waals surface area (Å²) in [7, 11) is -0.672. The summed E-state index contributed by atoms with van der Waals surface area (Å²) in [6.07, 6.45) is 4.03. The maximum absolute atomic E-state index is 12.0. The highest BCUT2D eigenvalue weighted by atomic mass is 32.2. The van der Waals surface area contributed by atoms with E-state index in [0.717, 1.165) is 10.4 Å². The van der Waals surface area contributed by atoms with Gasteiger partial charge in [0.25, 0.3) is 5.91 Å². The number of amides is 1. The number of carbonyl (C=O) groups excluding carboxylic acids is 2. The second-order valence-corrected chi connectivity index (χ2v) is 7.47. The van der Waals surface area contributed by atoms with Crippen LogP contribution >= 0.6 is 0 Å². The summed E-state index contributed by atoms with van der Waals surface area (Å²) in [4.78, 5) is 23.4. The van der Waals surface area contributed by atoms with Gasteiger partial charge in [0.15, 0.2) is 6.61 Å². The number of hydrogen-bond donors (Lipinski definition) is 1. The largest absolute Gasteiger partial charge is 0.465 e. The van der Waals surface area contributed by atoms with E-state index in [-0.39, 0.29) is 4.90 Å². The predicted molar refractivity (Wildman–Crippen MR) is 94.6 cm³/mol. The van der Waals surface area contributed by atoms with E-state index in [9.17, 15) is 18.0 Å². The molecule has 1 aromatic carbocycles. The SMILES string of the molecule is CN(C)S(=O)(=O)c1ccc(NC(=O)COC(=O)/C=C/c2ccco2)cc1. The first kappa shape index (κ1) is 19.4. The van der Waals surface area contributed by atoms with Gasteiger partial charge in [0, 0.05) is 25.9 Å². The van der Waals surface area contributed by atoms with Crippen molar-refractivity contribution in [3.05, 3.63) is 54.5 Å². The minimum atomic E-state index is -3.53. The number of hydrogen-bond acceptors (Lipinski definition) is 6. The van der Waals surface area contributed by atoms with E-state index in [4.69, 9.17) is 9.15 Å². The number of ether oxygens (including phenoxy) is 1. The van der Waals surface area contributed by atoms with Crippen molar-refractivity contribution in [2.24, 2.45) is 0 Å². The highest BCUT2D eigenvalue weighted by molar-refractivity contribution is 7.89. The van der Waals surface area contributed by atoms with Crippen molar-refractivity contribution in [3.63, 3.8) is 0 Å². The number of nitrogens with zero attached hydrogens (tertiary/aromatic N) is 1. The highest BCUT2D eigenvalue weighted by Gasteiger charge is 2.16. The Morgan fingerprint density at radius 3 is 2.46 bits per heavy atom. The van der Waals surface area contributed by atoms with Crippen LogP contribution < -0.4 is 5.32 Å². The molecule has 2 rings (SSSR count). The fourth-order valence-electron chi connectivity index (χ4n) is 1.84. The number of sulfonamides is 1. The first-order chi connectivity index (χ1) is 12.3. The molecule has 26 heavy (non-hydrogen) atoms. The second-order valence-electron chi connectivity index (χ2n) is 5.32. The van der Waals surface area contributed by atoms with Crippen molar-refractivity contribution in [2.45, 2.75) is 4.90 Å². The summed E-state index contributed by atoms with van der Waals surface area (Å²) in [6, 6.07) is 9.00. The minimum absolute atomic E-state index is 0.106. The van der Waals surface area contributed by atoms with Gasteiger partial charge in [-0.1, -0.05) is 0 Å². The lowest BCUT2D eigenvalue weighted by Crippen LogP contribution is -2.22. The molecule has 9 heteroatoms. The molecule has 1 heterocycles. The van der Waals surface area contributed by atoms with Crippen LogP contribution in [0.5, 0.6) is 0 Å². The lowest BCUT2D eigenvalue weighted by molar-refractivity contribution is -0.142. The molecule has 0 saturated carbocycles. The second kappa shape index (κ2) is 8.45. The number of benzene rings is 1. The van der Waals surface area contributed by atoms with E-state index in [1.54, 1.807) is 12.1 Å². The molecule has 2 aromatic rings. The van der Waals surface area contributed by atoms with Crippen molar-refractivity contribution in [1.29, 1.82) is 0 Å². The lowest BCUT2D eigenvalue weighted by atomic mass is 10.3. The summed E-state index contributed by atoms with van der Waals surface area (Å²) in [5.74, 6) is -0.754. The van der Waals surface area contributed by atoms with Crippen molar-refractivity contribution < 1.29 is 27.2 Å². The predicted octanol–water partition coefficient (Wildman–Crippen LogP) is 1.72. The maximum Gasteiger partial charge on any atom is 0.331 e. The number of carbonyl (C=O) groups is 2. The normalized spacial score (nSPS) is 11.7. The van der Waals surface area contributed by atoms with E-state index in [0.29, 0.717) is 11.4 Å². The smallest absolute Gasteiger partial charge is 0.331 e. The van der Waals surface area contributed by atoms with Crippen LogP contribution in [-0.2, 0) is 24.3 Å². The molecule has 8 nitrogen and oxygen atoms in total. The van der Waals surface area contributed by atoms with Gasteiger partial charge in [0.2, 0.25) is 10.0 Å². The molecule has 138 valence electrons. The molecular weight excluding hydrogens is 360 g/mol. The van der Waals surface area contributed by atoms with Crippen LogP contribution in [0, 0.1) is 0 Å². The molecular formula is C17H18N2O6S. The molecule has 0 unspecified atom stereocenters. The van der Waals surface area contributed by atoms with Crippen LogP contribution in [0.25, 0.3) is 6.08 Å². The fourth-order valence-corrected chi connectivity index (χ4v) is 2.74. The third-order valence-corrected chi connectivity index (χ3v) is 5.02.